The molecule has 2 aromatic heterocycles. The lowest BCUT2D eigenvalue weighted by Crippen LogP contribution is -2.22. The van der Waals surface area contributed by atoms with E-state index in [2.05, 4.69) is 29.6 Å². The summed E-state index contributed by atoms with van der Waals surface area (Å²) in [5, 5.41) is 0. The van der Waals surface area contributed by atoms with Crippen LogP contribution in [-0.4, -0.2) is 42.8 Å². The fourth-order valence-corrected chi connectivity index (χ4v) is 3.11. The van der Waals surface area contributed by atoms with E-state index in [-0.39, 0.29) is 5.78 Å². The molecule has 2 rings (SSSR count). The van der Waals surface area contributed by atoms with Gasteiger partial charge in [0.25, 0.3) is 0 Å². The van der Waals surface area contributed by atoms with Crippen LogP contribution in [0.5, 0.6) is 0 Å². The summed E-state index contributed by atoms with van der Waals surface area (Å²) in [6.07, 6.45) is 3.57. The minimum Gasteiger partial charge on any atom is -0.361 e. The third-order valence-corrected chi connectivity index (χ3v) is 5.54. The van der Waals surface area contributed by atoms with Crippen molar-refractivity contribution in [2.75, 3.05) is 6.61 Å². The molecule has 5 nitrogen and oxygen atoms in total. The van der Waals surface area contributed by atoms with Gasteiger partial charge in [-0.2, -0.15) is 0 Å². The molecule has 0 spiro atoms. The van der Waals surface area contributed by atoms with Gasteiger partial charge in [-0.15, -0.1) is 0 Å². The first-order valence-corrected chi connectivity index (χ1v) is 12.1. The van der Waals surface area contributed by atoms with Crippen molar-refractivity contribution >= 4 is 38.5 Å². The SMILES string of the molecule is Bc1cnc2c(n1)c(C(=O)C(C)(C)C)cn2COCC[Si](C)(C)C. The monoisotopic (exact) mass is 345 g/mol. The van der Waals surface area contributed by atoms with Gasteiger partial charge in [-0.05, 0) is 6.04 Å². The van der Waals surface area contributed by atoms with Crippen LogP contribution >= 0.6 is 0 Å². The van der Waals surface area contributed by atoms with Gasteiger partial charge in [-0.25, -0.2) is 4.98 Å². The first kappa shape index (κ1) is 18.9. The number of fused-ring (bicyclic) bond motifs is 1. The van der Waals surface area contributed by atoms with Crippen LogP contribution < -0.4 is 5.59 Å². The lowest BCUT2D eigenvalue weighted by atomic mass is 9.87. The fraction of sp³-hybridized carbons (Fsp3) is 0.588. The van der Waals surface area contributed by atoms with Crippen LogP contribution in [0.4, 0.5) is 0 Å². The molecule has 0 aliphatic heterocycles. The normalized spacial score (nSPS) is 12.8. The minimum absolute atomic E-state index is 0.0771. The Balaban J connectivity index is 2.29. The molecule has 0 unspecified atom stereocenters. The Kier molecular flexibility index (Phi) is 5.35. The van der Waals surface area contributed by atoms with Gasteiger partial charge in [-0.3, -0.25) is 9.78 Å². The molecule has 0 radical (unpaired) electrons. The molecule has 0 aliphatic rings. The maximum atomic E-state index is 12.7. The number of carbonyl (C=O) groups is 1. The van der Waals surface area contributed by atoms with Crippen molar-refractivity contribution in [2.24, 2.45) is 5.41 Å². The third-order valence-electron chi connectivity index (χ3n) is 3.84. The van der Waals surface area contributed by atoms with Crippen molar-refractivity contribution in [3.8, 4) is 0 Å². The van der Waals surface area contributed by atoms with Crippen molar-refractivity contribution in [3.63, 3.8) is 0 Å². The van der Waals surface area contributed by atoms with Crippen LogP contribution in [-0.2, 0) is 11.5 Å². The van der Waals surface area contributed by atoms with Gasteiger partial charge >= 0.3 is 0 Å². The van der Waals surface area contributed by atoms with Gasteiger partial charge in [-0.1, -0.05) is 40.4 Å². The van der Waals surface area contributed by atoms with E-state index < -0.39 is 13.5 Å². The van der Waals surface area contributed by atoms with E-state index in [0.29, 0.717) is 23.5 Å². The van der Waals surface area contributed by atoms with Gasteiger partial charge < -0.3 is 9.30 Å². The molecule has 2 aromatic rings. The molecule has 130 valence electrons. The molecular weight excluding hydrogens is 317 g/mol. The summed E-state index contributed by atoms with van der Waals surface area (Å²) >= 11 is 0. The van der Waals surface area contributed by atoms with Crippen molar-refractivity contribution in [2.45, 2.75) is 53.2 Å². The highest BCUT2D eigenvalue weighted by Crippen LogP contribution is 2.26. The zero-order chi connectivity index (χ0) is 18.1. The fourth-order valence-electron chi connectivity index (χ4n) is 2.35. The van der Waals surface area contributed by atoms with E-state index in [1.807, 2.05) is 39.4 Å². The Hall–Kier alpha value is -1.47. The first-order valence-electron chi connectivity index (χ1n) is 8.44. The predicted octanol–water partition coefficient (Wildman–Crippen LogP) is 2.23. The summed E-state index contributed by atoms with van der Waals surface area (Å²) in [7, 11) is 0.778. The molecule has 0 N–H and O–H groups in total. The summed E-state index contributed by atoms with van der Waals surface area (Å²) in [5.41, 5.74) is 2.36. The van der Waals surface area contributed by atoms with Crippen molar-refractivity contribution < 1.29 is 9.53 Å². The summed E-state index contributed by atoms with van der Waals surface area (Å²) in [4.78, 5) is 21.8. The standard InChI is InChI=1S/C17H28BN3O2Si/c1-17(2,3)15(22)12-10-21(11-23-7-8-24(4,5)6)16-14(12)20-13(18)9-19-16/h9-10H,7-8,11,18H2,1-6H3. The zero-order valence-electron chi connectivity index (χ0n) is 15.9. The maximum Gasteiger partial charge on any atom is 0.171 e. The van der Waals surface area contributed by atoms with Crippen LogP contribution in [0.2, 0.25) is 25.7 Å². The number of Topliss-reactive ketones (excluding diaryl/α,β-unsaturated/α-hetero) is 1. The summed E-state index contributed by atoms with van der Waals surface area (Å²) in [6.45, 7) is 13.9. The number of ketones is 1. The molecular formula is C17H28BN3O2Si. The summed E-state index contributed by atoms with van der Waals surface area (Å²) in [6, 6.07) is 1.12. The summed E-state index contributed by atoms with van der Waals surface area (Å²) < 4.78 is 7.73. The lowest BCUT2D eigenvalue weighted by molar-refractivity contribution is 0.0849. The number of carbonyl (C=O) groups excluding carboxylic acids is 1. The Morgan fingerprint density at radius 1 is 1.33 bits per heavy atom. The molecule has 0 atom stereocenters. The van der Waals surface area contributed by atoms with Crippen LogP contribution in [0.1, 0.15) is 31.1 Å². The lowest BCUT2D eigenvalue weighted by Gasteiger charge is -2.16. The highest BCUT2D eigenvalue weighted by atomic mass is 28.3. The second-order valence-electron chi connectivity index (χ2n) is 8.62. The maximum absolute atomic E-state index is 12.7. The van der Waals surface area contributed by atoms with E-state index in [1.54, 1.807) is 6.20 Å². The van der Waals surface area contributed by atoms with Crippen molar-refractivity contribution in [1.29, 1.82) is 0 Å². The number of aromatic nitrogens is 3. The average Bonchev–Trinajstić information content (AvgIpc) is 2.78. The average molecular weight is 345 g/mol. The van der Waals surface area contributed by atoms with Crippen molar-refractivity contribution in [3.05, 3.63) is 18.0 Å². The zero-order valence-corrected chi connectivity index (χ0v) is 16.9. The number of hydrogen-bond donors (Lipinski definition) is 0. The second kappa shape index (κ2) is 6.80. The van der Waals surface area contributed by atoms with E-state index in [1.165, 1.54) is 0 Å². The van der Waals surface area contributed by atoms with Crippen molar-refractivity contribution in [1.82, 2.24) is 14.5 Å². The Bertz CT molecular complexity index is 745. The highest BCUT2D eigenvalue weighted by molar-refractivity contribution is 6.76. The van der Waals surface area contributed by atoms with Gasteiger partial charge in [0, 0.05) is 38.1 Å². The van der Waals surface area contributed by atoms with E-state index in [4.69, 9.17) is 4.74 Å². The molecule has 0 aliphatic carbocycles. The topological polar surface area (TPSA) is 57.0 Å². The molecule has 7 heteroatoms. The molecule has 0 amide bonds. The van der Waals surface area contributed by atoms with Gasteiger partial charge in [0.2, 0.25) is 0 Å². The molecule has 0 fully saturated rings. The third kappa shape index (κ3) is 4.54. The van der Waals surface area contributed by atoms with Gasteiger partial charge in [0.1, 0.15) is 12.2 Å². The smallest absolute Gasteiger partial charge is 0.171 e. The quantitative estimate of drug-likeness (QED) is 0.458. The molecule has 0 saturated heterocycles. The Morgan fingerprint density at radius 2 is 2.00 bits per heavy atom. The van der Waals surface area contributed by atoms with Crippen LogP contribution in [0, 0.1) is 5.41 Å². The number of ether oxygens (including phenoxy) is 1. The molecule has 0 aromatic carbocycles. The van der Waals surface area contributed by atoms with E-state index >= 15 is 0 Å². The minimum atomic E-state index is -1.11. The molecule has 0 saturated carbocycles. The number of hydrogen-bond acceptors (Lipinski definition) is 4. The predicted molar refractivity (Wildman–Crippen MR) is 104 cm³/mol. The number of nitrogens with zero attached hydrogens (tertiary/aromatic N) is 3. The summed E-state index contributed by atoms with van der Waals surface area (Å²) in [5.74, 6) is 0.0771. The van der Waals surface area contributed by atoms with E-state index in [0.717, 1.165) is 18.2 Å². The highest BCUT2D eigenvalue weighted by Gasteiger charge is 2.27. The van der Waals surface area contributed by atoms with Crippen LogP contribution in [0.25, 0.3) is 11.2 Å². The van der Waals surface area contributed by atoms with E-state index in [9.17, 15) is 4.79 Å². The Morgan fingerprint density at radius 3 is 2.58 bits per heavy atom. The van der Waals surface area contributed by atoms with Gasteiger partial charge in [0.05, 0.1) is 5.56 Å². The number of rotatable bonds is 6. The van der Waals surface area contributed by atoms with Crippen LogP contribution in [0.15, 0.2) is 12.4 Å². The van der Waals surface area contributed by atoms with Gasteiger partial charge in [0.15, 0.2) is 19.3 Å². The Labute approximate surface area is 146 Å². The first-order chi connectivity index (χ1) is 11.0. The molecule has 24 heavy (non-hydrogen) atoms. The van der Waals surface area contributed by atoms with Crippen LogP contribution in [0.3, 0.4) is 0 Å². The molecule has 0 bridgehead atoms. The largest absolute Gasteiger partial charge is 0.361 e. The second-order valence-corrected chi connectivity index (χ2v) is 14.2. The molecule has 2 heterocycles.